The predicted molar refractivity (Wildman–Crippen MR) is 129 cm³/mol. The van der Waals surface area contributed by atoms with Crippen LogP contribution in [0.4, 0.5) is 5.82 Å². The Morgan fingerprint density at radius 3 is 2.94 bits per heavy atom. The number of likely N-dealkylation sites (tertiary alicyclic amines) is 1. The van der Waals surface area contributed by atoms with Crippen LogP contribution in [0.15, 0.2) is 36.7 Å². The van der Waals surface area contributed by atoms with Crippen molar-refractivity contribution >= 4 is 56.9 Å². The Bertz CT molecular complexity index is 1360. The SMILES string of the molecule is C[C@@H](Nc1ncnc2cc(C(=O)N3CCC[C@@H]3CO)c(Cl)cc12)c1nc2ccc(Cl)cc2[nH]1. The van der Waals surface area contributed by atoms with Gasteiger partial charge in [0, 0.05) is 17.0 Å². The predicted octanol–water partition coefficient (Wildman–Crippen LogP) is 4.58. The molecule has 4 aromatic rings. The van der Waals surface area contributed by atoms with E-state index in [2.05, 4.69) is 25.3 Å². The van der Waals surface area contributed by atoms with Crippen LogP contribution >= 0.6 is 23.2 Å². The van der Waals surface area contributed by atoms with Crippen molar-refractivity contribution in [3.8, 4) is 0 Å². The molecular weight excluding hydrogens is 463 g/mol. The van der Waals surface area contributed by atoms with Crippen molar-refractivity contribution in [1.82, 2.24) is 24.8 Å². The van der Waals surface area contributed by atoms with Crippen molar-refractivity contribution in [2.45, 2.75) is 31.8 Å². The van der Waals surface area contributed by atoms with Crippen molar-refractivity contribution in [3.05, 3.63) is 58.1 Å². The Hall–Kier alpha value is -2.94. The van der Waals surface area contributed by atoms with Crippen LogP contribution in [0.1, 0.15) is 42.0 Å². The highest BCUT2D eigenvalue weighted by Crippen LogP contribution is 2.31. The van der Waals surface area contributed by atoms with Crippen LogP contribution < -0.4 is 5.32 Å². The van der Waals surface area contributed by atoms with Gasteiger partial charge in [-0.3, -0.25) is 4.79 Å². The molecule has 8 nitrogen and oxygen atoms in total. The number of hydrogen-bond donors (Lipinski definition) is 3. The average Bonchev–Trinajstić information content (AvgIpc) is 3.45. The van der Waals surface area contributed by atoms with E-state index in [-0.39, 0.29) is 24.6 Å². The molecule has 1 aliphatic rings. The summed E-state index contributed by atoms with van der Waals surface area (Å²) < 4.78 is 0. The Morgan fingerprint density at radius 1 is 1.27 bits per heavy atom. The standard InChI is InChI=1S/C23H22Cl2N6O2/c1-12(21-29-18-5-4-13(24)7-20(18)30-21)28-22-16-8-17(25)15(9-19(16)26-11-27-22)23(33)31-6-2-3-14(31)10-32/h4-5,7-9,11-12,14,32H,2-3,6,10H2,1H3,(H,29,30)(H,26,27,28)/t12-,14-/m1/s1. The lowest BCUT2D eigenvalue weighted by Crippen LogP contribution is -2.37. The molecule has 0 bridgehead atoms. The highest BCUT2D eigenvalue weighted by molar-refractivity contribution is 6.35. The zero-order valence-electron chi connectivity index (χ0n) is 17.8. The molecule has 1 aliphatic heterocycles. The summed E-state index contributed by atoms with van der Waals surface area (Å²) in [5, 5.41) is 14.6. The van der Waals surface area contributed by atoms with Crippen LogP contribution in [0.25, 0.3) is 21.9 Å². The maximum Gasteiger partial charge on any atom is 0.255 e. The average molecular weight is 485 g/mol. The third kappa shape index (κ3) is 4.10. The summed E-state index contributed by atoms with van der Waals surface area (Å²) in [6, 6.07) is 8.53. The smallest absolute Gasteiger partial charge is 0.255 e. The molecule has 0 aliphatic carbocycles. The fraction of sp³-hybridized carbons (Fsp3) is 0.304. The van der Waals surface area contributed by atoms with Gasteiger partial charge in [0.15, 0.2) is 0 Å². The van der Waals surface area contributed by atoms with Crippen LogP contribution in [-0.4, -0.2) is 55.0 Å². The fourth-order valence-electron chi connectivity index (χ4n) is 4.28. The summed E-state index contributed by atoms with van der Waals surface area (Å²) in [7, 11) is 0. The van der Waals surface area contributed by atoms with Crippen LogP contribution in [0.5, 0.6) is 0 Å². The Kier molecular flexibility index (Phi) is 5.82. The van der Waals surface area contributed by atoms with Gasteiger partial charge in [-0.05, 0) is 50.1 Å². The van der Waals surface area contributed by atoms with Gasteiger partial charge in [0.2, 0.25) is 0 Å². The van der Waals surface area contributed by atoms with Crippen LogP contribution in [-0.2, 0) is 0 Å². The number of anilines is 1. The molecule has 170 valence electrons. The third-order valence-corrected chi connectivity index (χ3v) is 6.58. The van der Waals surface area contributed by atoms with E-state index in [1.807, 2.05) is 19.1 Å². The molecule has 1 saturated heterocycles. The molecular formula is C23H22Cl2N6O2. The molecule has 3 N–H and O–H groups in total. The van der Waals surface area contributed by atoms with Crippen molar-refractivity contribution < 1.29 is 9.90 Å². The van der Waals surface area contributed by atoms with Gasteiger partial charge in [-0.2, -0.15) is 0 Å². The maximum absolute atomic E-state index is 13.1. The van der Waals surface area contributed by atoms with E-state index in [4.69, 9.17) is 23.2 Å². The number of imidazole rings is 1. The molecule has 1 amide bonds. The number of benzene rings is 2. The Balaban J connectivity index is 1.45. The number of aromatic nitrogens is 4. The number of aliphatic hydroxyl groups is 1. The lowest BCUT2D eigenvalue weighted by Gasteiger charge is -2.23. The maximum atomic E-state index is 13.1. The third-order valence-electron chi connectivity index (χ3n) is 6.03. The number of nitrogens with zero attached hydrogens (tertiary/aromatic N) is 4. The van der Waals surface area contributed by atoms with Crippen LogP contribution in [0, 0.1) is 0 Å². The monoisotopic (exact) mass is 484 g/mol. The van der Waals surface area contributed by atoms with Crippen molar-refractivity contribution in [2.75, 3.05) is 18.5 Å². The molecule has 33 heavy (non-hydrogen) atoms. The van der Waals surface area contributed by atoms with Gasteiger partial charge >= 0.3 is 0 Å². The van der Waals surface area contributed by atoms with Gasteiger partial charge in [0.1, 0.15) is 18.0 Å². The number of amides is 1. The minimum absolute atomic E-state index is 0.0565. The van der Waals surface area contributed by atoms with Gasteiger partial charge in [-0.15, -0.1) is 0 Å². The van der Waals surface area contributed by atoms with Crippen molar-refractivity contribution in [1.29, 1.82) is 0 Å². The normalized spacial score (nSPS) is 17.1. The van der Waals surface area contributed by atoms with Gasteiger partial charge < -0.3 is 20.3 Å². The number of carbonyl (C=O) groups is 1. The highest BCUT2D eigenvalue weighted by atomic mass is 35.5. The Morgan fingerprint density at radius 2 is 2.12 bits per heavy atom. The molecule has 0 spiro atoms. The van der Waals surface area contributed by atoms with E-state index in [0.29, 0.717) is 38.9 Å². The van der Waals surface area contributed by atoms with Crippen molar-refractivity contribution in [3.63, 3.8) is 0 Å². The summed E-state index contributed by atoms with van der Waals surface area (Å²) in [5.41, 5.74) is 2.65. The van der Waals surface area contributed by atoms with E-state index in [1.165, 1.54) is 6.33 Å². The molecule has 1 fully saturated rings. The minimum atomic E-state index is -0.194. The van der Waals surface area contributed by atoms with Gasteiger partial charge in [0.05, 0.1) is 45.8 Å². The molecule has 0 radical (unpaired) electrons. The number of nitrogens with one attached hydrogen (secondary N) is 2. The first-order valence-corrected chi connectivity index (χ1v) is 11.5. The lowest BCUT2D eigenvalue weighted by atomic mass is 10.1. The number of aliphatic hydroxyl groups excluding tert-OH is 1. The second kappa shape index (κ2) is 8.78. The summed E-state index contributed by atoms with van der Waals surface area (Å²) in [6.45, 7) is 2.52. The highest BCUT2D eigenvalue weighted by Gasteiger charge is 2.30. The second-order valence-corrected chi connectivity index (χ2v) is 9.04. The first-order valence-electron chi connectivity index (χ1n) is 10.7. The number of H-pyrrole nitrogens is 1. The van der Waals surface area contributed by atoms with E-state index in [9.17, 15) is 9.90 Å². The first kappa shape index (κ1) is 21.9. The number of fused-ring (bicyclic) bond motifs is 2. The molecule has 0 saturated carbocycles. The quantitative estimate of drug-likeness (QED) is 0.382. The number of hydrogen-bond acceptors (Lipinski definition) is 6. The molecule has 2 aromatic carbocycles. The van der Waals surface area contributed by atoms with Gasteiger partial charge in [-0.1, -0.05) is 23.2 Å². The summed E-state index contributed by atoms with van der Waals surface area (Å²) in [5.74, 6) is 1.13. The Labute approximate surface area is 200 Å². The summed E-state index contributed by atoms with van der Waals surface area (Å²) >= 11 is 12.6. The van der Waals surface area contributed by atoms with Crippen LogP contribution in [0.3, 0.4) is 0 Å². The van der Waals surface area contributed by atoms with Crippen LogP contribution in [0.2, 0.25) is 10.0 Å². The topological polar surface area (TPSA) is 107 Å². The summed E-state index contributed by atoms with van der Waals surface area (Å²) in [6.07, 6.45) is 3.10. The number of halogens is 2. The molecule has 0 unspecified atom stereocenters. The lowest BCUT2D eigenvalue weighted by molar-refractivity contribution is 0.0678. The number of carbonyl (C=O) groups excluding carboxylic acids is 1. The van der Waals surface area contributed by atoms with Gasteiger partial charge in [0.25, 0.3) is 5.91 Å². The molecule has 5 rings (SSSR count). The van der Waals surface area contributed by atoms with E-state index in [0.717, 1.165) is 29.7 Å². The fourth-order valence-corrected chi connectivity index (χ4v) is 4.70. The van der Waals surface area contributed by atoms with Crippen molar-refractivity contribution in [2.24, 2.45) is 0 Å². The van der Waals surface area contributed by atoms with Gasteiger partial charge in [-0.25, -0.2) is 15.0 Å². The molecule has 2 atom stereocenters. The zero-order valence-corrected chi connectivity index (χ0v) is 19.4. The summed E-state index contributed by atoms with van der Waals surface area (Å²) in [4.78, 5) is 31.4. The van der Waals surface area contributed by atoms with E-state index >= 15 is 0 Å². The molecule has 10 heteroatoms. The largest absolute Gasteiger partial charge is 0.394 e. The number of rotatable bonds is 5. The minimum Gasteiger partial charge on any atom is -0.394 e. The zero-order chi connectivity index (χ0) is 23.1. The molecule has 2 aromatic heterocycles. The van der Waals surface area contributed by atoms with E-state index in [1.54, 1.807) is 23.1 Å². The first-order chi connectivity index (χ1) is 15.9. The second-order valence-electron chi connectivity index (χ2n) is 8.20. The molecule has 3 heterocycles. The number of aromatic amines is 1. The van der Waals surface area contributed by atoms with E-state index < -0.39 is 0 Å².